The van der Waals surface area contributed by atoms with Crippen LogP contribution in [-0.2, 0) is 29.1 Å². The van der Waals surface area contributed by atoms with Gasteiger partial charge in [0, 0.05) is 0 Å². The van der Waals surface area contributed by atoms with Gasteiger partial charge in [-0.25, -0.2) is 0 Å². The smallest absolute Gasteiger partial charge is 0.405 e. The second kappa shape index (κ2) is 6.07. The molecule has 0 aliphatic carbocycles. The van der Waals surface area contributed by atoms with Gasteiger partial charge in [-0.15, -0.1) is 0 Å². The van der Waals surface area contributed by atoms with E-state index in [1.54, 1.807) is 0 Å². The highest BCUT2D eigenvalue weighted by molar-refractivity contribution is 7.86. The Morgan fingerprint density at radius 3 is 2.63 bits per heavy atom. The Morgan fingerprint density at radius 1 is 1.58 bits per heavy atom. The summed E-state index contributed by atoms with van der Waals surface area (Å²) in [5.74, 6) is -1.05. The number of esters is 1. The molecule has 0 amide bonds. The first-order valence-corrected chi connectivity index (χ1v) is 6.82. The molecule has 1 aliphatic heterocycles. The minimum atomic E-state index is -5.63. The van der Waals surface area contributed by atoms with Crippen molar-refractivity contribution in [2.45, 2.75) is 30.8 Å². The highest BCUT2D eigenvalue weighted by Crippen LogP contribution is 2.27. The molecule has 0 aromatic rings. The Kier molecular flexibility index (Phi) is 5.18. The van der Waals surface area contributed by atoms with Crippen LogP contribution in [0.1, 0.15) is 13.3 Å². The normalized spacial score (nSPS) is 20.9. The molecular weight excluding hydrogens is 290 g/mol. The summed E-state index contributed by atoms with van der Waals surface area (Å²) in [6, 6.07) is 0. The Morgan fingerprint density at radius 2 is 2.16 bits per heavy atom. The average molecular weight is 304 g/mol. The third-order valence-electron chi connectivity index (χ3n) is 2.28. The monoisotopic (exact) mass is 304 g/mol. The lowest BCUT2D eigenvalue weighted by atomic mass is 10.4. The predicted octanol–water partition coefficient (Wildman–Crippen LogP) is 0.204. The van der Waals surface area contributed by atoms with Gasteiger partial charge in [0.25, 0.3) is 0 Å². The van der Waals surface area contributed by atoms with E-state index in [0.29, 0.717) is 20.1 Å². The molecule has 19 heavy (non-hydrogen) atoms. The van der Waals surface area contributed by atoms with E-state index in [1.807, 2.05) is 0 Å². The second-order valence-corrected chi connectivity index (χ2v) is 5.44. The summed E-state index contributed by atoms with van der Waals surface area (Å²) in [6.45, 7) is 1.50. The number of hydrogen-bond donors (Lipinski definition) is 1. The van der Waals surface area contributed by atoms with Crippen molar-refractivity contribution in [1.82, 2.24) is 0 Å². The first-order chi connectivity index (χ1) is 8.64. The minimum absolute atomic E-state index is 0.0128. The van der Waals surface area contributed by atoms with Crippen molar-refractivity contribution < 1.29 is 40.8 Å². The van der Waals surface area contributed by atoms with Gasteiger partial charge in [0.15, 0.2) is 6.10 Å². The Bertz CT molecular complexity index is 418. The molecule has 0 bridgehead atoms. The van der Waals surface area contributed by atoms with Crippen LogP contribution in [0.15, 0.2) is 0 Å². The number of carbonyl (C=O) groups is 1. The van der Waals surface area contributed by atoms with Crippen molar-refractivity contribution in [3.05, 3.63) is 0 Å². The maximum atomic E-state index is 13.0. The summed E-state index contributed by atoms with van der Waals surface area (Å²) in [5.41, 5.74) is 0. The molecule has 2 unspecified atom stereocenters. The van der Waals surface area contributed by atoms with E-state index >= 15 is 0 Å². The van der Waals surface area contributed by atoms with Crippen LogP contribution in [0.25, 0.3) is 0 Å². The number of hydrogen-bond acceptors (Lipinski definition) is 6. The molecule has 7 nitrogen and oxygen atoms in total. The van der Waals surface area contributed by atoms with Crippen LogP contribution in [0, 0.1) is 0 Å². The fraction of sp³-hybridized carbons (Fsp3) is 0.889. The predicted molar refractivity (Wildman–Crippen MR) is 57.2 cm³/mol. The molecule has 10 heteroatoms. The quantitative estimate of drug-likeness (QED) is 0.296. The van der Waals surface area contributed by atoms with Gasteiger partial charge in [-0.1, -0.05) is 0 Å². The maximum absolute atomic E-state index is 13.0. The van der Waals surface area contributed by atoms with E-state index in [2.05, 4.69) is 4.74 Å². The molecule has 0 aromatic heterocycles. The summed E-state index contributed by atoms with van der Waals surface area (Å²) in [4.78, 5) is 11.1. The zero-order chi connectivity index (χ0) is 14.7. The fourth-order valence-corrected chi connectivity index (χ4v) is 1.54. The van der Waals surface area contributed by atoms with E-state index in [9.17, 15) is 22.0 Å². The van der Waals surface area contributed by atoms with Crippen LogP contribution >= 0.6 is 0 Å². The number of halogens is 2. The minimum Gasteiger partial charge on any atom is -0.455 e. The van der Waals surface area contributed by atoms with Gasteiger partial charge in [-0.05, 0) is 6.92 Å². The van der Waals surface area contributed by atoms with Gasteiger partial charge in [0.05, 0.1) is 26.2 Å². The third-order valence-corrected chi connectivity index (χ3v) is 3.30. The highest BCUT2D eigenvalue weighted by atomic mass is 32.2. The molecule has 1 rings (SSSR count). The van der Waals surface area contributed by atoms with Gasteiger partial charge in [0.1, 0.15) is 6.10 Å². The zero-order valence-corrected chi connectivity index (χ0v) is 10.9. The molecule has 1 saturated heterocycles. The van der Waals surface area contributed by atoms with Crippen LogP contribution in [0.2, 0.25) is 0 Å². The molecule has 0 aromatic carbocycles. The highest BCUT2D eigenvalue weighted by Gasteiger charge is 2.51. The first-order valence-electron chi connectivity index (χ1n) is 5.38. The molecule has 0 saturated carbocycles. The number of rotatable bonds is 8. The number of ether oxygens (including phenoxy) is 3. The average Bonchev–Trinajstić information content (AvgIpc) is 3.06. The molecule has 2 atom stereocenters. The summed E-state index contributed by atoms with van der Waals surface area (Å²) in [5, 5.41) is -4.55. The topological polar surface area (TPSA) is 102 Å². The molecule has 112 valence electrons. The van der Waals surface area contributed by atoms with E-state index in [-0.39, 0.29) is 19.1 Å². The Hall–Kier alpha value is -0.840. The van der Waals surface area contributed by atoms with Gasteiger partial charge < -0.3 is 14.2 Å². The molecule has 1 N–H and O–H groups in total. The van der Waals surface area contributed by atoms with Gasteiger partial charge >= 0.3 is 21.3 Å². The van der Waals surface area contributed by atoms with Crippen LogP contribution in [0.3, 0.4) is 0 Å². The van der Waals surface area contributed by atoms with Crippen molar-refractivity contribution in [2.24, 2.45) is 0 Å². The van der Waals surface area contributed by atoms with Crippen LogP contribution < -0.4 is 0 Å². The van der Waals surface area contributed by atoms with Crippen molar-refractivity contribution in [1.29, 1.82) is 0 Å². The number of epoxide rings is 1. The first kappa shape index (κ1) is 16.2. The maximum Gasteiger partial charge on any atom is 0.405 e. The fourth-order valence-electron chi connectivity index (χ4n) is 1.07. The van der Waals surface area contributed by atoms with Gasteiger partial charge in [-0.2, -0.15) is 17.2 Å². The Labute approximate surface area is 108 Å². The van der Waals surface area contributed by atoms with E-state index in [4.69, 9.17) is 14.0 Å². The summed E-state index contributed by atoms with van der Waals surface area (Å²) in [6.07, 6.45) is -2.58. The van der Waals surface area contributed by atoms with Crippen molar-refractivity contribution >= 4 is 16.1 Å². The van der Waals surface area contributed by atoms with Crippen molar-refractivity contribution in [2.75, 3.05) is 19.8 Å². The second-order valence-electron chi connectivity index (χ2n) is 3.95. The number of alkyl halides is 2. The lowest BCUT2D eigenvalue weighted by Crippen LogP contribution is -2.42. The van der Waals surface area contributed by atoms with Crippen LogP contribution in [0.4, 0.5) is 8.78 Å². The molecule has 0 spiro atoms. The molecule has 1 heterocycles. The van der Waals surface area contributed by atoms with Crippen LogP contribution in [0.5, 0.6) is 0 Å². The largest absolute Gasteiger partial charge is 0.455 e. The summed E-state index contributed by atoms with van der Waals surface area (Å²) in [7, 11) is -5.63. The van der Waals surface area contributed by atoms with Crippen LogP contribution in [-0.4, -0.2) is 56.2 Å². The van der Waals surface area contributed by atoms with E-state index in [0.717, 1.165) is 0 Å². The van der Waals surface area contributed by atoms with Crippen molar-refractivity contribution in [3.63, 3.8) is 0 Å². The standard InChI is InChI=1S/C9H14F2O7S/c1-6(9(10,11)19(13,14)15)18-8(12)2-3-16-4-7-5-17-7/h6-7H,2-5H2,1H3,(H,13,14,15). The lowest BCUT2D eigenvalue weighted by Gasteiger charge is -2.20. The van der Waals surface area contributed by atoms with E-state index < -0.39 is 27.4 Å². The molecule has 1 fully saturated rings. The molecule has 1 aliphatic rings. The third kappa shape index (κ3) is 4.97. The molecular formula is C9H14F2O7S. The number of carbonyl (C=O) groups excluding carboxylic acids is 1. The SMILES string of the molecule is CC(OC(=O)CCOCC1CO1)C(F)(F)S(=O)(=O)O. The van der Waals surface area contributed by atoms with E-state index in [1.165, 1.54) is 0 Å². The van der Waals surface area contributed by atoms with Gasteiger partial charge in [-0.3, -0.25) is 9.35 Å². The van der Waals surface area contributed by atoms with Gasteiger partial charge in [0.2, 0.25) is 0 Å². The summed E-state index contributed by atoms with van der Waals surface area (Å²) < 4.78 is 69.2. The Balaban J connectivity index is 2.30. The summed E-state index contributed by atoms with van der Waals surface area (Å²) >= 11 is 0. The van der Waals surface area contributed by atoms with Crippen molar-refractivity contribution in [3.8, 4) is 0 Å². The zero-order valence-electron chi connectivity index (χ0n) is 10.0. The lowest BCUT2D eigenvalue weighted by molar-refractivity contribution is -0.160. The molecule has 0 radical (unpaired) electrons.